The normalized spacial score (nSPS) is 12.0. The lowest BCUT2D eigenvalue weighted by atomic mass is 9.94. The van der Waals surface area contributed by atoms with Gasteiger partial charge in [0.2, 0.25) is 0 Å². The molecule has 0 nitrogen and oxygen atoms in total. The van der Waals surface area contributed by atoms with Gasteiger partial charge in [0.25, 0.3) is 0 Å². The van der Waals surface area contributed by atoms with Crippen molar-refractivity contribution in [1.29, 1.82) is 0 Å². The van der Waals surface area contributed by atoms with Crippen molar-refractivity contribution in [1.82, 2.24) is 0 Å². The summed E-state index contributed by atoms with van der Waals surface area (Å²) in [6.45, 7) is 4.49. The van der Waals surface area contributed by atoms with Gasteiger partial charge in [0.1, 0.15) is 0 Å². The monoisotopic (exact) mass is 238 g/mol. The summed E-state index contributed by atoms with van der Waals surface area (Å²) < 4.78 is 0. The Morgan fingerprint density at radius 2 is 1.72 bits per heavy atom. The Hall–Kier alpha value is -1.56. The standard InChI is InChI=1S/C18H22/c1-3-5-10-15(9-4-2)18-14-8-12-16-11-6-7-13-17(16)18/h6-8,10-14H,3-5,9H2,1-2H3/b15-10+. The molecule has 2 aromatic carbocycles. The van der Waals surface area contributed by atoms with Gasteiger partial charge in [-0.3, -0.25) is 0 Å². The molecule has 0 N–H and O–H groups in total. The molecule has 2 rings (SSSR count). The summed E-state index contributed by atoms with van der Waals surface area (Å²) in [5.41, 5.74) is 2.93. The maximum absolute atomic E-state index is 2.42. The summed E-state index contributed by atoms with van der Waals surface area (Å²) in [4.78, 5) is 0. The molecule has 0 amide bonds. The summed E-state index contributed by atoms with van der Waals surface area (Å²) in [6, 6.07) is 15.3. The minimum atomic E-state index is 1.17. The molecule has 2 aromatic rings. The topological polar surface area (TPSA) is 0 Å². The van der Waals surface area contributed by atoms with Gasteiger partial charge < -0.3 is 0 Å². The molecule has 0 heteroatoms. The van der Waals surface area contributed by atoms with Crippen molar-refractivity contribution in [3.05, 3.63) is 54.1 Å². The van der Waals surface area contributed by atoms with Crippen LogP contribution in [0.15, 0.2) is 48.5 Å². The molecular formula is C18H22. The van der Waals surface area contributed by atoms with Gasteiger partial charge in [-0.05, 0) is 34.8 Å². The van der Waals surface area contributed by atoms with E-state index in [0.717, 1.165) is 0 Å². The Bertz CT molecular complexity index is 529. The van der Waals surface area contributed by atoms with Crippen molar-refractivity contribution in [2.24, 2.45) is 0 Å². The lowest BCUT2D eigenvalue weighted by molar-refractivity contribution is 0.934. The fourth-order valence-electron chi connectivity index (χ4n) is 2.44. The quantitative estimate of drug-likeness (QED) is 0.615. The van der Waals surface area contributed by atoms with Crippen molar-refractivity contribution < 1.29 is 0 Å². The van der Waals surface area contributed by atoms with Crippen LogP contribution in [0.4, 0.5) is 0 Å². The molecule has 94 valence electrons. The largest absolute Gasteiger partial charge is 0.0807 e. The molecule has 0 aromatic heterocycles. The van der Waals surface area contributed by atoms with Crippen LogP contribution in [0.25, 0.3) is 16.3 Å². The van der Waals surface area contributed by atoms with Crippen molar-refractivity contribution in [3.8, 4) is 0 Å². The van der Waals surface area contributed by atoms with Crippen LogP contribution in [0.1, 0.15) is 45.1 Å². The second-order valence-corrected chi connectivity index (χ2v) is 4.79. The van der Waals surface area contributed by atoms with Gasteiger partial charge in [-0.2, -0.15) is 0 Å². The van der Waals surface area contributed by atoms with Crippen LogP contribution in [0.2, 0.25) is 0 Å². The molecule has 0 atom stereocenters. The van der Waals surface area contributed by atoms with Crippen molar-refractivity contribution in [3.63, 3.8) is 0 Å². The fraction of sp³-hybridized carbons (Fsp3) is 0.333. The minimum Gasteiger partial charge on any atom is -0.0807 e. The number of hydrogen-bond acceptors (Lipinski definition) is 0. The summed E-state index contributed by atoms with van der Waals surface area (Å²) in [7, 11) is 0. The Balaban J connectivity index is 2.50. The lowest BCUT2D eigenvalue weighted by Crippen LogP contribution is -1.87. The lowest BCUT2D eigenvalue weighted by Gasteiger charge is -2.10. The highest BCUT2D eigenvalue weighted by Crippen LogP contribution is 2.28. The molecule has 0 radical (unpaired) electrons. The average Bonchev–Trinajstić information content (AvgIpc) is 2.43. The molecule has 0 aliphatic carbocycles. The maximum atomic E-state index is 2.42. The van der Waals surface area contributed by atoms with E-state index in [-0.39, 0.29) is 0 Å². The smallest absolute Gasteiger partial charge is 0.0109 e. The summed E-state index contributed by atoms with van der Waals surface area (Å²) in [6.07, 6.45) is 7.20. The number of allylic oxidation sites excluding steroid dienone is 2. The van der Waals surface area contributed by atoms with Gasteiger partial charge in [0, 0.05) is 0 Å². The average molecular weight is 238 g/mol. The van der Waals surface area contributed by atoms with E-state index >= 15 is 0 Å². The second-order valence-electron chi connectivity index (χ2n) is 4.79. The van der Waals surface area contributed by atoms with E-state index in [0.29, 0.717) is 0 Å². The first-order chi connectivity index (χ1) is 8.86. The Labute approximate surface area is 110 Å². The third-order valence-electron chi connectivity index (χ3n) is 3.33. The van der Waals surface area contributed by atoms with Gasteiger partial charge in [-0.1, -0.05) is 75.2 Å². The molecule has 0 fully saturated rings. The van der Waals surface area contributed by atoms with Gasteiger partial charge in [-0.15, -0.1) is 0 Å². The van der Waals surface area contributed by atoms with Gasteiger partial charge in [-0.25, -0.2) is 0 Å². The molecule has 0 aliphatic heterocycles. The third kappa shape index (κ3) is 2.81. The van der Waals surface area contributed by atoms with Crippen LogP contribution in [0.3, 0.4) is 0 Å². The molecule has 0 bridgehead atoms. The maximum Gasteiger partial charge on any atom is -0.0109 e. The zero-order chi connectivity index (χ0) is 12.8. The predicted molar refractivity (Wildman–Crippen MR) is 81.7 cm³/mol. The first kappa shape index (κ1) is 12.9. The van der Waals surface area contributed by atoms with Gasteiger partial charge in [0.05, 0.1) is 0 Å². The highest BCUT2D eigenvalue weighted by molar-refractivity contribution is 5.93. The minimum absolute atomic E-state index is 1.17. The zero-order valence-corrected chi connectivity index (χ0v) is 11.4. The van der Waals surface area contributed by atoms with Crippen LogP contribution in [-0.2, 0) is 0 Å². The number of fused-ring (bicyclic) bond motifs is 1. The molecule has 0 saturated heterocycles. The SMILES string of the molecule is CCC/C=C(\CCC)c1cccc2ccccc12. The third-order valence-corrected chi connectivity index (χ3v) is 3.33. The van der Waals surface area contributed by atoms with E-state index in [1.165, 1.54) is 47.6 Å². The molecular weight excluding hydrogens is 216 g/mol. The van der Waals surface area contributed by atoms with E-state index < -0.39 is 0 Å². The first-order valence-electron chi connectivity index (χ1n) is 7.04. The van der Waals surface area contributed by atoms with E-state index in [1.54, 1.807) is 0 Å². The molecule has 0 heterocycles. The summed E-state index contributed by atoms with van der Waals surface area (Å²) in [5, 5.41) is 2.73. The fourth-order valence-corrected chi connectivity index (χ4v) is 2.44. The number of hydrogen-bond donors (Lipinski definition) is 0. The molecule has 18 heavy (non-hydrogen) atoms. The Kier molecular flexibility index (Phi) is 4.58. The highest BCUT2D eigenvalue weighted by atomic mass is 14.1. The first-order valence-corrected chi connectivity index (χ1v) is 7.04. The molecule has 0 unspecified atom stereocenters. The summed E-state index contributed by atoms with van der Waals surface area (Å²) >= 11 is 0. The number of benzene rings is 2. The van der Waals surface area contributed by atoms with Crippen LogP contribution < -0.4 is 0 Å². The van der Waals surface area contributed by atoms with Crippen molar-refractivity contribution in [2.45, 2.75) is 39.5 Å². The van der Waals surface area contributed by atoms with Crippen LogP contribution >= 0.6 is 0 Å². The molecule has 0 aliphatic rings. The van der Waals surface area contributed by atoms with Crippen LogP contribution in [-0.4, -0.2) is 0 Å². The van der Waals surface area contributed by atoms with Crippen molar-refractivity contribution >= 4 is 16.3 Å². The van der Waals surface area contributed by atoms with E-state index in [4.69, 9.17) is 0 Å². The highest BCUT2D eigenvalue weighted by Gasteiger charge is 2.04. The van der Waals surface area contributed by atoms with Gasteiger partial charge in [0.15, 0.2) is 0 Å². The molecule has 0 saturated carbocycles. The van der Waals surface area contributed by atoms with Crippen molar-refractivity contribution in [2.75, 3.05) is 0 Å². The van der Waals surface area contributed by atoms with E-state index in [2.05, 4.69) is 62.4 Å². The van der Waals surface area contributed by atoms with Crippen LogP contribution in [0, 0.1) is 0 Å². The molecule has 0 spiro atoms. The Morgan fingerprint density at radius 1 is 0.944 bits per heavy atom. The van der Waals surface area contributed by atoms with Gasteiger partial charge >= 0.3 is 0 Å². The number of rotatable bonds is 5. The second kappa shape index (κ2) is 6.39. The van der Waals surface area contributed by atoms with Crippen LogP contribution in [0.5, 0.6) is 0 Å². The zero-order valence-electron chi connectivity index (χ0n) is 11.4. The Morgan fingerprint density at radius 3 is 2.50 bits per heavy atom. The van der Waals surface area contributed by atoms with E-state index in [1.807, 2.05) is 0 Å². The summed E-state index contributed by atoms with van der Waals surface area (Å²) in [5.74, 6) is 0. The number of unbranched alkanes of at least 4 members (excludes halogenated alkanes) is 1. The van der Waals surface area contributed by atoms with E-state index in [9.17, 15) is 0 Å². The predicted octanol–water partition coefficient (Wildman–Crippen LogP) is 5.82.